The molecule has 25 heavy (non-hydrogen) atoms. The van der Waals surface area contributed by atoms with Crippen LogP contribution in [0.5, 0.6) is 5.75 Å². The van der Waals surface area contributed by atoms with E-state index in [1.807, 2.05) is 54.6 Å². The highest BCUT2D eigenvalue weighted by atomic mass is 16.5. The Morgan fingerprint density at radius 3 is 2.52 bits per heavy atom. The van der Waals surface area contributed by atoms with Crippen LogP contribution in [0.1, 0.15) is 18.1 Å². The fraction of sp³-hybridized carbons (Fsp3) is 0.350. The minimum absolute atomic E-state index is 0.146. The van der Waals surface area contributed by atoms with Crippen LogP contribution in [0.25, 0.3) is 0 Å². The van der Waals surface area contributed by atoms with Crippen LogP contribution >= 0.6 is 0 Å². The molecule has 2 rings (SSSR count). The second kappa shape index (κ2) is 9.81. The first kappa shape index (κ1) is 19.0. The van der Waals surface area contributed by atoms with Crippen LogP contribution in [0, 0.1) is 0 Å². The highest BCUT2D eigenvalue weighted by Gasteiger charge is 2.20. The summed E-state index contributed by atoms with van der Waals surface area (Å²) in [5, 5.41) is 16.6. The Morgan fingerprint density at radius 2 is 1.84 bits per heavy atom. The molecule has 0 aliphatic heterocycles. The minimum atomic E-state index is -0.685. The van der Waals surface area contributed by atoms with Gasteiger partial charge in [-0.3, -0.25) is 4.79 Å². The molecule has 5 heteroatoms. The first-order valence-electron chi connectivity index (χ1n) is 8.41. The molecule has 0 unspecified atom stereocenters. The van der Waals surface area contributed by atoms with Gasteiger partial charge < -0.3 is 20.5 Å². The van der Waals surface area contributed by atoms with E-state index in [2.05, 4.69) is 10.6 Å². The van der Waals surface area contributed by atoms with Crippen molar-refractivity contribution in [1.82, 2.24) is 10.6 Å². The van der Waals surface area contributed by atoms with E-state index in [0.717, 1.165) is 16.9 Å². The number of hydrogen-bond acceptors (Lipinski definition) is 4. The quantitative estimate of drug-likeness (QED) is 0.651. The van der Waals surface area contributed by atoms with Gasteiger partial charge >= 0.3 is 0 Å². The molecule has 0 aliphatic rings. The summed E-state index contributed by atoms with van der Waals surface area (Å²) in [6.07, 6.45) is -0.0997. The summed E-state index contributed by atoms with van der Waals surface area (Å²) in [6.45, 7) is 2.47. The van der Waals surface area contributed by atoms with Gasteiger partial charge in [0.25, 0.3) is 0 Å². The van der Waals surface area contributed by atoms with Crippen LogP contribution in [-0.2, 0) is 17.8 Å². The van der Waals surface area contributed by atoms with E-state index in [4.69, 9.17) is 4.74 Å². The number of benzene rings is 2. The number of carbonyl (C=O) groups excluding carboxylic acids is 1. The lowest BCUT2D eigenvalue weighted by Crippen LogP contribution is -2.48. The predicted octanol–water partition coefficient (Wildman–Crippen LogP) is 1.89. The molecule has 3 N–H and O–H groups in total. The van der Waals surface area contributed by atoms with Gasteiger partial charge in [-0.15, -0.1) is 0 Å². The number of aliphatic hydroxyl groups excluding tert-OH is 1. The number of aliphatic hydroxyl groups is 1. The van der Waals surface area contributed by atoms with Crippen molar-refractivity contribution in [2.45, 2.75) is 32.0 Å². The normalized spacial score (nSPS) is 13.1. The maximum Gasteiger partial charge on any atom is 0.217 e. The molecular formula is C20H26N2O3. The molecule has 2 aromatic rings. The lowest BCUT2D eigenvalue weighted by atomic mass is 10.0. The number of rotatable bonds is 9. The van der Waals surface area contributed by atoms with Crippen molar-refractivity contribution in [2.24, 2.45) is 0 Å². The van der Waals surface area contributed by atoms with Crippen LogP contribution in [-0.4, -0.2) is 36.8 Å². The van der Waals surface area contributed by atoms with Gasteiger partial charge in [0, 0.05) is 20.0 Å². The number of ether oxygens (including phenoxy) is 1. The Balaban J connectivity index is 1.89. The summed E-state index contributed by atoms with van der Waals surface area (Å²) < 4.78 is 5.21. The molecule has 0 bridgehead atoms. The SMILES string of the molecule is COc1cccc(CNC[C@H](O)[C@H](Cc2ccccc2)NC(C)=O)c1. The third-order valence-electron chi connectivity index (χ3n) is 3.97. The van der Waals surface area contributed by atoms with Gasteiger partial charge in [-0.05, 0) is 29.7 Å². The zero-order valence-corrected chi connectivity index (χ0v) is 14.7. The summed E-state index contributed by atoms with van der Waals surface area (Å²) in [5.41, 5.74) is 2.15. The molecule has 2 atom stereocenters. The zero-order valence-electron chi connectivity index (χ0n) is 14.7. The Labute approximate surface area is 149 Å². The molecule has 0 aliphatic carbocycles. The number of carbonyl (C=O) groups is 1. The number of hydrogen-bond donors (Lipinski definition) is 3. The molecule has 0 spiro atoms. The molecular weight excluding hydrogens is 316 g/mol. The zero-order chi connectivity index (χ0) is 18.1. The van der Waals surface area contributed by atoms with Crippen molar-refractivity contribution < 1.29 is 14.6 Å². The standard InChI is InChI=1S/C20H26N2O3/c1-15(23)22-19(12-16-7-4-3-5-8-16)20(24)14-21-13-17-9-6-10-18(11-17)25-2/h3-11,19-21,24H,12-14H2,1-2H3,(H,22,23)/t19-,20-/m0/s1. The Bertz CT molecular complexity index is 661. The third-order valence-corrected chi connectivity index (χ3v) is 3.97. The second-order valence-electron chi connectivity index (χ2n) is 6.05. The lowest BCUT2D eigenvalue weighted by molar-refractivity contribution is -0.120. The summed E-state index contributed by atoms with van der Waals surface area (Å²) in [7, 11) is 1.64. The third kappa shape index (κ3) is 6.57. The molecule has 0 fully saturated rings. The fourth-order valence-electron chi connectivity index (χ4n) is 2.70. The van der Waals surface area contributed by atoms with Gasteiger partial charge in [-0.1, -0.05) is 42.5 Å². The average molecular weight is 342 g/mol. The maximum atomic E-state index is 11.5. The van der Waals surface area contributed by atoms with Crippen LogP contribution in [0.3, 0.4) is 0 Å². The molecule has 0 radical (unpaired) electrons. The lowest BCUT2D eigenvalue weighted by Gasteiger charge is -2.24. The van der Waals surface area contributed by atoms with E-state index in [1.165, 1.54) is 6.92 Å². The Kier molecular flexibility index (Phi) is 7.44. The van der Waals surface area contributed by atoms with Crippen LogP contribution < -0.4 is 15.4 Å². The van der Waals surface area contributed by atoms with E-state index in [-0.39, 0.29) is 11.9 Å². The highest BCUT2D eigenvalue weighted by molar-refractivity contribution is 5.73. The van der Waals surface area contributed by atoms with Gasteiger partial charge in [0.2, 0.25) is 5.91 Å². The number of amides is 1. The minimum Gasteiger partial charge on any atom is -0.497 e. The molecule has 1 amide bonds. The van der Waals surface area contributed by atoms with E-state index in [0.29, 0.717) is 19.5 Å². The molecule has 5 nitrogen and oxygen atoms in total. The highest BCUT2D eigenvalue weighted by Crippen LogP contribution is 2.12. The van der Waals surface area contributed by atoms with Crippen molar-refractivity contribution in [2.75, 3.05) is 13.7 Å². The van der Waals surface area contributed by atoms with Crippen molar-refractivity contribution >= 4 is 5.91 Å². The molecule has 0 saturated heterocycles. The van der Waals surface area contributed by atoms with E-state index in [9.17, 15) is 9.90 Å². The van der Waals surface area contributed by atoms with Crippen molar-refractivity contribution in [3.8, 4) is 5.75 Å². The number of methoxy groups -OCH3 is 1. The first-order valence-corrected chi connectivity index (χ1v) is 8.41. The van der Waals surface area contributed by atoms with Crippen LogP contribution in [0.15, 0.2) is 54.6 Å². The first-order chi connectivity index (χ1) is 12.1. The fourth-order valence-corrected chi connectivity index (χ4v) is 2.70. The topological polar surface area (TPSA) is 70.6 Å². The summed E-state index contributed by atoms with van der Waals surface area (Å²) in [4.78, 5) is 11.5. The van der Waals surface area contributed by atoms with Crippen molar-refractivity contribution in [3.05, 3.63) is 65.7 Å². The van der Waals surface area contributed by atoms with Crippen molar-refractivity contribution in [3.63, 3.8) is 0 Å². The maximum absolute atomic E-state index is 11.5. The molecule has 0 saturated carbocycles. The van der Waals surface area contributed by atoms with E-state index >= 15 is 0 Å². The van der Waals surface area contributed by atoms with E-state index < -0.39 is 6.10 Å². The Morgan fingerprint density at radius 1 is 1.12 bits per heavy atom. The van der Waals surface area contributed by atoms with Gasteiger partial charge in [0.15, 0.2) is 0 Å². The van der Waals surface area contributed by atoms with Gasteiger partial charge in [-0.2, -0.15) is 0 Å². The number of nitrogens with one attached hydrogen (secondary N) is 2. The van der Waals surface area contributed by atoms with Gasteiger partial charge in [0.05, 0.1) is 19.3 Å². The smallest absolute Gasteiger partial charge is 0.217 e. The molecule has 2 aromatic carbocycles. The van der Waals surface area contributed by atoms with Crippen LogP contribution in [0.4, 0.5) is 0 Å². The summed E-state index contributed by atoms with van der Waals surface area (Å²) >= 11 is 0. The predicted molar refractivity (Wildman–Crippen MR) is 98.5 cm³/mol. The second-order valence-corrected chi connectivity index (χ2v) is 6.05. The molecule has 134 valence electrons. The monoisotopic (exact) mass is 342 g/mol. The van der Waals surface area contributed by atoms with Crippen molar-refractivity contribution in [1.29, 1.82) is 0 Å². The van der Waals surface area contributed by atoms with Gasteiger partial charge in [0.1, 0.15) is 5.75 Å². The Hall–Kier alpha value is -2.37. The average Bonchev–Trinajstić information content (AvgIpc) is 2.62. The van der Waals surface area contributed by atoms with Crippen LogP contribution in [0.2, 0.25) is 0 Å². The largest absolute Gasteiger partial charge is 0.497 e. The van der Waals surface area contributed by atoms with E-state index in [1.54, 1.807) is 7.11 Å². The summed E-state index contributed by atoms with van der Waals surface area (Å²) in [6, 6.07) is 17.3. The van der Waals surface area contributed by atoms with Gasteiger partial charge in [-0.25, -0.2) is 0 Å². The molecule has 0 aromatic heterocycles. The molecule has 0 heterocycles. The summed E-state index contributed by atoms with van der Waals surface area (Å²) in [5.74, 6) is 0.660.